The summed E-state index contributed by atoms with van der Waals surface area (Å²) in [5.74, 6) is -0.365. The predicted molar refractivity (Wildman–Crippen MR) is 111 cm³/mol. The Hall–Kier alpha value is -3.79. The van der Waals surface area contributed by atoms with Crippen molar-refractivity contribution in [3.63, 3.8) is 0 Å². The van der Waals surface area contributed by atoms with Crippen molar-refractivity contribution < 1.29 is 24.0 Å². The number of hydrogen-bond acceptors (Lipinski definition) is 7. The van der Waals surface area contributed by atoms with Crippen LogP contribution in [0.15, 0.2) is 53.5 Å². The van der Waals surface area contributed by atoms with Gasteiger partial charge in [0.05, 0.1) is 29.4 Å². The Morgan fingerprint density at radius 1 is 1.20 bits per heavy atom. The summed E-state index contributed by atoms with van der Waals surface area (Å²) in [6.07, 6.45) is 2.77. The molecule has 0 saturated carbocycles. The Kier molecular flexibility index (Phi) is 6.38. The number of esters is 1. The molecule has 0 fully saturated rings. The smallest absolute Gasteiger partial charge is 0.325 e. The lowest BCUT2D eigenvalue weighted by Crippen LogP contribution is -2.22. The summed E-state index contributed by atoms with van der Waals surface area (Å²) in [5, 5.41) is 10.7. The van der Waals surface area contributed by atoms with Crippen molar-refractivity contribution in [2.75, 3.05) is 14.2 Å². The van der Waals surface area contributed by atoms with Gasteiger partial charge in [-0.2, -0.15) is 4.99 Å². The number of non-ortho nitro benzene ring substituents is 1. The van der Waals surface area contributed by atoms with Crippen molar-refractivity contribution in [3.8, 4) is 5.75 Å². The molecule has 0 aliphatic rings. The quantitative estimate of drug-likeness (QED) is 0.259. The first-order valence-electron chi connectivity index (χ1n) is 8.66. The van der Waals surface area contributed by atoms with Gasteiger partial charge in [0, 0.05) is 18.2 Å². The summed E-state index contributed by atoms with van der Waals surface area (Å²) in [7, 11) is 2.84. The van der Waals surface area contributed by atoms with Crippen molar-refractivity contribution in [1.82, 2.24) is 4.57 Å². The van der Waals surface area contributed by atoms with Crippen LogP contribution in [0.1, 0.15) is 5.56 Å². The fourth-order valence-corrected chi connectivity index (χ4v) is 3.68. The summed E-state index contributed by atoms with van der Waals surface area (Å²) >= 11 is 1.24. The van der Waals surface area contributed by atoms with Crippen LogP contribution < -0.4 is 9.54 Å². The van der Waals surface area contributed by atoms with Crippen LogP contribution in [0.3, 0.4) is 0 Å². The average Bonchev–Trinajstić information content (AvgIpc) is 3.08. The number of hydrogen-bond donors (Lipinski definition) is 0. The highest BCUT2D eigenvalue weighted by molar-refractivity contribution is 7.16. The van der Waals surface area contributed by atoms with Crippen molar-refractivity contribution >= 4 is 45.2 Å². The van der Waals surface area contributed by atoms with Crippen molar-refractivity contribution in [2.24, 2.45) is 4.99 Å². The van der Waals surface area contributed by atoms with E-state index in [-0.39, 0.29) is 12.2 Å². The van der Waals surface area contributed by atoms with E-state index in [0.717, 1.165) is 10.2 Å². The van der Waals surface area contributed by atoms with E-state index < -0.39 is 16.8 Å². The number of benzene rings is 2. The number of nitro groups is 1. The minimum atomic E-state index is -0.537. The molecule has 2 aromatic carbocycles. The average molecular weight is 427 g/mol. The zero-order valence-electron chi connectivity index (χ0n) is 16.1. The summed E-state index contributed by atoms with van der Waals surface area (Å²) in [6, 6.07) is 11.1. The van der Waals surface area contributed by atoms with E-state index in [2.05, 4.69) is 4.99 Å². The monoisotopic (exact) mass is 427 g/mol. The molecule has 0 radical (unpaired) electrons. The molecule has 10 heteroatoms. The number of carbonyl (C=O) groups is 2. The van der Waals surface area contributed by atoms with Crippen LogP contribution in [-0.4, -0.2) is 35.6 Å². The van der Waals surface area contributed by atoms with Gasteiger partial charge in [-0.3, -0.25) is 19.7 Å². The number of rotatable bonds is 6. The first kappa shape index (κ1) is 20.9. The van der Waals surface area contributed by atoms with Crippen molar-refractivity contribution in [1.29, 1.82) is 0 Å². The molecule has 3 rings (SSSR count). The number of ether oxygens (including phenoxy) is 2. The topological polar surface area (TPSA) is 113 Å². The number of carbonyl (C=O) groups excluding carboxylic acids is 2. The molecule has 1 heterocycles. The molecule has 0 atom stereocenters. The lowest BCUT2D eigenvalue weighted by atomic mass is 10.2. The number of methoxy groups -OCH3 is 2. The normalized spacial score (nSPS) is 11.7. The highest BCUT2D eigenvalue weighted by Gasteiger charge is 2.12. The van der Waals surface area contributed by atoms with Crippen LogP contribution in [0.2, 0.25) is 0 Å². The molecule has 3 aromatic rings. The molecule has 0 spiro atoms. The highest BCUT2D eigenvalue weighted by atomic mass is 32.1. The number of amides is 1. The van der Waals surface area contributed by atoms with Crippen LogP contribution in [0.5, 0.6) is 5.75 Å². The molecule has 1 amide bonds. The van der Waals surface area contributed by atoms with Gasteiger partial charge in [0.2, 0.25) is 0 Å². The summed E-state index contributed by atoms with van der Waals surface area (Å²) in [6.45, 7) is -0.0962. The zero-order chi connectivity index (χ0) is 21.7. The predicted octanol–water partition coefficient (Wildman–Crippen LogP) is 2.93. The Balaban J connectivity index is 1.94. The van der Waals surface area contributed by atoms with Crippen LogP contribution in [0.4, 0.5) is 5.69 Å². The molecule has 30 heavy (non-hydrogen) atoms. The SMILES string of the molecule is COC(=O)Cn1c(=NC(=O)C=Cc2ccc([N+](=O)[O-])cc2)sc2cc(OC)ccc21. The first-order chi connectivity index (χ1) is 14.4. The molecule has 0 aliphatic heterocycles. The second-order valence-corrected chi connectivity index (χ2v) is 7.02. The minimum Gasteiger partial charge on any atom is -0.497 e. The van der Waals surface area contributed by atoms with Gasteiger partial charge in [-0.15, -0.1) is 0 Å². The Morgan fingerprint density at radius 3 is 2.57 bits per heavy atom. The van der Waals surface area contributed by atoms with Gasteiger partial charge < -0.3 is 14.0 Å². The molecule has 154 valence electrons. The Labute approximate surface area is 174 Å². The van der Waals surface area contributed by atoms with Crippen molar-refractivity contribution in [3.05, 3.63) is 69.0 Å². The van der Waals surface area contributed by atoms with Crippen LogP contribution in [-0.2, 0) is 20.9 Å². The number of nitrogens with zero attached hydrogens (tertiary/aromatic N) is 3. The second kappa shape index (κ2) is 9.14. The fourth-order valence-electron chi connectivity index (χ4n) is 2.62. The minimum absolute atomic E-state index is 0.0345. The molecule has 1 aromatic heterocycles. The molecular weight excluding hydrogens is 410 g/mol. The van der Waals surface area contributed by atoms with Gasteiger partial charge in [-0.05, 0) is 42.0 Å². The van der Waals surface area contributed by atoms with E-state index in [9.17, 15) is 19.7 Å². The van der Waals surface area contributed by atoms with Gasteiger partial charge >= 0.3 is 5.97 Å². The molecular formula is C20H17N3O6S. The number of fused-ring (bicyclic) bond motifs is 1. The van der Waals surface area contributed by atoms with Crippen LogP contribution >= 0.6 is 11.3 Å². The maximum Gasteiger partial charge on any atom is 0.325 e. The lowest BCUT2D eigenvalue weighted by molar-refractivity contribution is -0.384. The molecule has 0 N–H and O–H groups in total. The molecule has 0 saturated heterocycles. The largest absolute Gasteiger partial charge is 0.497 e. The molecule has 0 aliphatic carbocycles. The summed E-state index contributed by atoms with van der Waals surface area (Å²) in [4.78, 5) is 38.8. The third kappa shape index (κ3) is 4.78. The van der Waals surface area contributed by atoms with E-state index in [1.165, 1.54) is 54.9 Å². The number of thiazole rings is 1. The summed E-state index contributed by atoms with van der Waals surface area (Å²) in [5.41, 5.74) is 1.30. The standard InChI is InChI=1S/C20H17N3O6S/c1-28-15-8-9-16-17(11-15)30-20(22(16)12-19(25)29-2)21-18(24)10-5-13-3-6-14(7-4-13)23(26)27/h3-11H,12H2,1-2H3. The maximum atomic E-state index is 12.4. The Morgan fingerprint density at radius 2 is 1.93 bits per heavy atom. The third-order valence-corrected chi connectivity index (χ3v) is 5.17. The fraction of sp³-hybridized carbons (Fsp3) is 0.150. The molecule has 0 unspecified atom stereocenters. The van der Waals surface area contributed by atoms with E-state index in [1.54, 1.807) is 29.9 Å². The Bertz CT molecular complexity index is 1210. The second-order valence-electron chi connectivity index (χ2n) is 6.01. The zero-order valence-corrected chi connectivity index (χ0v) is 16.9. The van der Waals surface area contributed by atoms with E-state index in [0.29, 0.717) is 16.1 Å². The van der Waals surface area contributed by atoms with E-state index >= 15 is 0 Å². The molecule has 9 nitrogen and oxygen atoms in total. The third-order valence-electron chi connectivity index (χ3n) is 4.13. The van der Waals surface area contributed by atoms with Gasteiger partial charge in [0.25, 0.3) is 11.6 Å². The molecule has 0 bridgehead atoms. The highest BCUT2D eigenvalue weighted by Crippen LogP contribution is 2.23. The first-order valence-corrected chi connectivity index (χ1v) is 9.48. The van der Waals surface area contributed by atoms with Crippen molar-refractivity contribution in [2.45, 2.75) is 6.54 Å². The van der Waals surface area contributed by atoms with Crippen LogP contribution in [0.25, 0.3) is 16.3 Å². The maximum absolute atomic E-state index is 12.4. The number of aromatic nitrogens is 1. The van der Waals surface area contributed by atoms with E-state index in [4.69, 9.17) is 9.47 Å². The van der Waals surface area contributed by atoms with Gasteiger partial charge in [-0.25, -0.2) is 0 Å². The van der Waals surface area contributed by atoms with Gasteiger partial charge in [-0.1, -0.05) is 11.3 Å². The summed E-state index contributed by atoms with van der Waals surface area (Å²) < 4.78 is 12.4. The van der Waals surface area contributed by atoms with Gasteiger partial charge in [0.1, 0.15) is 12.3 Å². The van der Waals surface area contributed by atoms with Crippen LogP contribution in [0, 0.1) is 10.1 Å². The number of nitro benzene ring substituents is 1. The van der Waals surface area contributed by atoms with Gasteiger partial charge in [0.15, 0.2) is 4.80 Å². The van der Waals surface area contributed by atoms with E-state index in [1.807, 2.05) is 0 Å². The lowest BCUT2D eigenvalue weighted by Gasteiger charge is -2.04.